The van der Waals surface area contributed by atoms with Crippen molar-refractivity contribution in [1.29, 1.82) is 0 Å². The third-order valence-electron chi connectivity index (χ3n) is 8.15. The van der Waals surface area contributed by atoms with Crippen LogP contribution < -0.4 is 10.6 Å². The Hall–Kier alpha value is -2.24. The fourth-order valence-corrected chi connectivity index (χ4v) is 6.60. The van der Waals surface area contributed by atoms with Gasteiger partial charge in [-0.15, -0.1) is 0 Å². The van der Waals surface area contributed by atoms with Crippen LogP contribution >= 0.6 is 46.4 Å². The standard InChI is InChI=1S/C32H32Cl4N2O2/c33-25-15-13-21(17-27(25)35)37-31(23-5-1-3-7-29(23)39)19-9-11-20(12-10-19)32(24-6-2-4-8-30(24)40)38-22-14-16-26(34)28(36)18-22/h9-18,23-24,31-32,37-38H,1-8H2. The van der Waals surface area contributed by atoms with E-state index in [4.69, 9.17) is 46.4 Å². The average Bonchev–Trinajstić information content (AvgIpc) is 2.95. The highest BCUT2D eigenvalue weighted by Crippen LogP contribution is 2.39. The molecule has 2 fully saturated rings. The number of benzene rings is 3. The van der Waals surface area contributed by atoms with Crippen LogP contribution in [-0.2, 0) is 9.59 Å². The molecule has 4 atom stereocenters. The number of carbonyl (C=O) groups is 2. The molecule has 8 heteroatoms. The van der Waals surface area contributed by atoms with Gasteiger partial charge in [0, 0.05) is 36.1 Å². The van der Waals surface area contributed by atoms with Crippen LogP contribution in [0.2, 0.25) is 20.1 Å². The summed E-state index contributed by atoms with van der Waals surface area (Å²) in [6, 6.07) is 18.7. The second-order valence-electron chi connectivity index (χ2n) is 10.8. The lowest BCUT2D eigenvalue weighted by Crippen LogP contribution is -2.31. The summed E-state index contributed by atoms with van der Waals surface area (Å²) in [5, 5.41) is 9.04. The van der Waals surface area contributed by atoms with Crippen molar-refractivity contribution in [3.8, 4) is 0 Å². The normalized spacial score (nSPS) is 21.1. The fourth-order valence-electron chi connectivity index (χ4n) is 6.00. The zero-order chi connectivity index (χ0) is 28.2. The van der Waals surface area contributed by atoms with E-state index >= 15 is 0 Å². The molecule has 0 heterocycles. The third-order valence-corrected chi connectivity index (χ3v) is 9.62. The Bertz CT molecular complexity index is 1270. The van der Waals surface area contributed by atoms with Gasteiger partial charge in [0.05, 0.1) is 32.2 Å². The van der Waals surface area contributed by atoms with Gasteiger partial charge in [0.1, 0.15) is 11.6 Å². The van der Waals surface area contributed by atoms with Gasteiger partial charge in [0.15, 0.2) is 0 Å². The van der Waals surface area contributed by atoms with Crippen LogP contribution in [0, 0.1) is 11.8 Å². The lowest BCUT2D eigenvalue weighted by molar-refractivity contribution is -0.125. The zero-order valence-corrected chi connectivity index (χ0v) is 25.1. The molecule has 2 N–H and O–H groups in total. The lowest BCUT2D eigenvalue weighted by Gasteiger charge is -2.33. The van der Waals surface area contributed by atoms with Gasteiger partial charge in [-0.05, 0) is 73.2 Å². The maximum absolute atomic E-state index is 13.0. The third kappa shape index (κ3) is 6.79. The molecular formula is C32H32Cl4N2O2. The highest BCUT2D eigenvalue weighted by Gasteiger charge is 2.34. The second-order valence-corrected chi connectivity index (χ2v) is 12.4. The Morgan fingerprint density at radius 2 is 0.950 bits per heavy atom. The zero-order valence-electron chi connectivity index (χ0n) is 22.1. The van der Waals surface area contributed by atoms with E-state index in [2.05, 4.69) is 34.9 Å². The first-order chi connectivity index (χ1) is 19.3. The van der Waals surface area contributed by atoms with Gasteiger partial charge in [-0.25, -0.2) is 0 Å². The minimum atomic E-state index is -0.211. The molecule has 3 aromatic carbocycles. The van der Waals surface area contributed by atoms with Crippen molar-refractivity contribution >= 4 is 69.3 Å². The van der Waals surface area contributed by atoms with Gasteiger partial charge < -0.3 is 10.6 Å². The van der Waals surface area contributed by atoms with E-state index < -0.39 is 0 Å². The fraction of sp³-hybridized carbons (Fsp3) is 0.375. The monoisotopic (exact) mass is 616 g/mol. The number of halogens is 4. The van der Waals surface area contributed by atoms with Gasteiger partial charge >= 0.3 is 0 Å². The lowest BCUT2D eigenvalue weighted by atomic mass is 9.78. The smallest absolute Gasteiger partial charge is 0.138 e. The maximum Gasteiger partial charge on any atom is 0.138 e. The van der Waals surface area contributed by atoms with Crippen molar-refractivity contribution in [2.45, 2.75) is 63.5 Å². The molecule has 0 aliphatic heterocycles. The number of hydrogen-bond acceptors (Lipinski definition) is 4. The molecular weight excluding hydrogens is 586 g/mol. The average molecular weight is 618 g/mol. The van der Waals surface area contributed by atoms with Gasteiger partial charge in [-0.1, -0.05) is 83.5 Å². The Balaban J connectivity index is 1.46. The van der Waals surface area contributed by atoms with Gasteiger partial charge in [-0.3, -0.25) is 9.59 Å². The summed E-state index contributed by atoms with van der Waals surface area (Å²) in [6.45, 7) is 0. The van der Waals surface area contributed by atoms with Gasteiger partial charge in [0.25, 0.3) is 0 Å². The molecule has 0 bridgehead atoms. The summed E-state index contributed by atoms with van der Waals surface area (Å²) in [6.07, 6.45) is 6.77. The summed E-state index contributed by atoms with van der Waals surface area (Å²) in [4.78, 5) is 26.1. The molecule has 0 amide bonds. The van der Waals surface area contributed by atoms with Crippen LogP contribution in [0.3, 0.4) is 0 Å². The molecule has 4 unspecified atom stereocenters. The molecule has 2 aliphatic carbocycles. The minimum absolute atomic E-state index is 0.140. The first-order valence-corrected chi connectivity index (χ1v) is 15.4. The molecule has 2 saturated carbocycles. The van der Waals surface area contributed by atoms with Crippen molar-refractivity contribution in [2.75, 3.05) is 10.6 Å². The van der Waals surface area contributed by atoms with Crippen LogP contribution in [-0.4, -0.2) is 11.6 Å². The summed E-state index contributed by atoms with van der Waals surface area (Å²) >= 11 is 24.9. The molecule has 210 valence electrons. The second kappa shape index (κ2) is 13.2. The minimum Gasteiger partial charge on any atom is -0.377 e. The van der Waals surface area contributed by atoms with E-state index in [9.17, 15) is 9.59 Å². The molecule has 0 aromatic heterocycles. The summed E-state index contributed by atoms with van der Waals surface area (Å²) < 4.78 is 0. The van der Waals surface area contributed by atoms with E-state index in [-0.39, 0.29) is 35.5 Å². The Labute approximate surface area is 255 Å². The van der Waals surface area contributed by atoms with Crippen molar-refractivity contribution in [2.24, 2.45) is 11.8 Å². The van der Waals surface area contributed by atoms with Crippen molar-refractivity contribution in [1.82, 2.24) is 0 Å². The molecule has 2 aliphatic rings. The molecule has 4 nitrogen and oxygen atoms in total. The van der Waals surface area contributed by atoms with Crippen LogP contribution in [0.5, 0.6) is 0 Å². The van der Waals surface area contributed by atoms with Crippen LogP contribution in [0.4, 0.5) is 11.4 Å². The van der Waals surface area contributed by atoms with Crippen molar-refractivity contribution in [3.63, 3.8) is 0 Å². The van der Waals surface area contributed by atoms with E-state index in [0.717, 1.165) is 61.0 Å². The predicted molar refractivity (Wildman–Crippen MR) is 166 cm³/mol. The molecule has 40 heavy (non-hydrogen) atoms. The number of ketones is 2. The van der Waals surface area contributed by atoms with E-state index in [1.54, 1.807) is 24.3 Å². The summed E-state index contributed by atoms with van der Waals surface area (Å²) in [5.41, 5.74) is 3.65. The van der Waals surface area contributed by atoms with E-state index in [0.29, 0.717) is 32.9 Å². The maximum atomic E-state index is 13.0. The molecule has 0 spiro atoms. The number of anilines is 2. The summed E-state index contributed by atoms with van der Waals surface area (Å²) in [7, 11) is 0. The number of Topliss-reactive ketones (excluding diaryl/α,β-unsaturated/α-hetero) is 2. The number of rotatable bonds is 8. The van der Waals surface area contributed by atoms with Crippen LogP contribution in [0.1, 0.15) is 74.6 Å². The molecule has 0 saturated heterocycles. The topological polar surface area (TPSA) is 58.2 Å². The van der Waals surface area contributed by atoms with Crippen LogP contribution in [0.15, 0.2) is 60.7 Å². The quantitative estimate of drug-likeness (QED) is 0.264. The highest BCUT2D eigenvalue weighted by atomic mass is 35.5. The number of carbonyl (C=O) groups excluding carboxylic acids is 2. The first-order valence-electron chi connectivity index (χ1n) is 13.9. The van der Waals surface area contributed by atoms with Crippen molar-refractivity contribution < 1.29 is 9.59 Å². The number of hydrogen-bond donors (Lipinski definition) is 2. The van der Waals surface area contributed by atoms with E-state index in [1.807, 2.05) is 12.1 Å². The van der Waals surface area contributed by atoms with E-state index in [1.165, 1.54) is 0 Å². The first kappa shape index (κ1) is 29.3. The molecule has 0 radical (unpaired) electrons. The highest BCUT2D eigenvalue weighted by molar-refractivity contribution is 6.42. The molecule has 5 rings (SSSR count). The van der Waals surface area contributed by atoms with Crippen molar-refractivity contribution in [3.05, 3.63) is 91.9 Å². The van der Waals surface area contributed by atoms with Gasteiger partial charge in [-0.2, -0.15) is 0 Å². The largest absolute Gasteiger partial charge is 0.377 e. The number of nitrogens with one attached hydrogen (secondary N) is 2. The molecule has 3 aromatic rings. The van der Waals surface area contributed by atoms with Gasteiger partial charge in [0.2, 0.25) is 0 Å². The Morgan fingerprint density at radius 3 is 1.30 bits per heavy atom. The Kier molecular flexibility index (Phi) is 9.63. The SMILES string of the molecule is O=C1CCCCC1C(Nc1ccc(Cl)c(Cl)c1)c1ccc(C(Nc2ccc(Cl)c(Cl)c2)C2CCCCC2=O)cc1. The summed E-state index contributed by atoms with van der Waals surface area (Å²) in [5.74, 6) is 0.276. The Morgan fingerprint density at radius 1 is 0.550 bits per heavy atom. The predicted octanol–water partition coefficient (Wildman–Crippen LogP) is 10.1. The van der Waals surface area contributed by atoms with Crippen LogP contribution in [0.25, 0.3) is 0 Å².